The van der Waals surface area contributed by atoms with E-state index in [1.165, 1.54) is 17.0 Å². The van der Waals surface area contributed by atoms with Crippen LogP contribution in [0.4, 0.5) is 18.9 Å². The normalized spacial score (nSPS) is 17.1. The van der Waals surface area contributed by atoms with E-state index < -0.39 is 29.3 Å². The Kier molecular flexibility index (Phi) is 7.07. The van der Waals surface area contributed by atoms with Crippen LogP contribution in [-0.2, 0) is 11.0 Å². The molecule has 1 heterocycles. The lowest BCUT2D eigenvalue weighted by Gasteiger charge is -2.23. The zero-order valence-corrected chi connectivity index (χ0v) is 17.6. The molecular formula is C22H20F3N3OS. The quantitative estimate of drug-likeness (QED) is 0.367. The molecule has 0 bridgehead atoms. The summed E-state index contributed by atoms with van der Waals surface area (Å²) in [6.45, 7) is 5.64. The number of hydrogen-bond acceptors (Lipinski definition) is 3. The number of thiocarbonyl (C=S) groups is 1. The molecule has 1 atom stereocenters. The maximum atomic E-state index is 13.4. The zero-order valence-electron chi connectivity index (χ0n) is 16.7. The molecule has 0 N–H and O–H groups in total. The Morgan fingerprint density at radius 1 is 1.33 bits per heavy atom. The van der Waals surface area contributed by atoms with Crippen LogP contribution in [0.3, 0.4) is 0 Å². The molecule has 1 aromatic rings. The molecule has 0 aromatic heterocycles. The topological polar surface area (TPSA) is 47.3 Å². The lowest BCUT2D eigenvalue weighted by atomic mass is 10.1. The molecule has 1 aromatic carbocycles. The number of benzene rings is 1. The number of halogens is 3. The fourth-order valence-corrected chi connectivity index (χ4v) is 3.50. The van der Waals surface area contributed by atoms with E-state index in [9.17, 15) is 18.0 Å². The number of amides is 1. The maximum absolute atomic E-state index is 13.4. The molecule has 1 aliphatic rings. The van der Waals surface area contributed by atoms with Crippen LogP contribution in [0.1, 0.15) is 44.7 Å². The first-order valence-electron chi connectivity index (χ1n) is 9.17. The highest BCUT2D eigenvalue weighted by molar-refractivity contribution is 7.80. The SMILES string of the molecule is C#C/C(=C\C=C(C)C)N1C(=S)N(c2ccc(C#N)c(C(F)(F)F)c2)C(=O)C1CCC. The second kappa shape index (κ2) is 9.15. The van der Waals surface area contributed by atoms with Crippen molar-refractivity contribution in [3.05, 3.63) is 52.7 Å². The van der Waals surface area contributed by atoms with Gasteiger partial charge in [0.15, 0.2) is 5.11 Å². The first-order valence-corrected chi connectivity index (χ1v) is 9.57. The Balaban J connectivity index is 2.61. The van der Waals surface area contributed by atoms with E-state index in [4.69, 9.17) is 23.9 Å². The van der Waals surface area contributed by atoms with E-state index in [1.807, 2.05) is 20.8 Å². The minimum absolute atomic E-state index is 0.00244. The number of nitriles is 1. The van der Waals surface area contributed by atoms with Crippen LogP contribution in [0.15, 0.2) is 41.6 Å². The summed E-state index contributed by atoms with van der Waals surface area (Å²) in [7, 11) is 0. The third kappa shape index (κ3) is 4.55. The fourth-order valence-electron chi connectivity index (χ4n) is 3.08. The summed E-state index contributed by atoms with van der Waals surface area (Å²) in [5, 5.41) is 9.01. The summed E-state index contributed by atoms with van der Waals surface area (Å²) >= 11 is 5.46. The lowest BCUT2D eigenvalue weighted by molar-refractivity contribution is -0.137. The third-order valence-electron chi connectivity index (χ3n) is 4.45. The molecule has 0 aliphatic carbocycles. The minimum atomic E-state index is -4.75. The standard InChI is InChI=1S/C22H20F3N3OS/c1-5-7-19-20(29)28(21(30)27(19)16(6-2)10-8-14(3)4)17-11-9-15(13-26)18(12-17)22(23,24)25/h2,8-12,19H,5,7H2,1,3-4H3/b16-10+. The highest BCUT2D eigenvalue weighted by atomic mass is 32.1. The van der Waals surface area contributed by atoms with Crippen molar-refractivity contribution < 1.29 is 18.0 Å². The highest BCUT2D eigenvalue weighted by Crippen LogP contribution is 2.37. The number of hydrogen-bond donors (Lipinski definition) is 0. The Labute approximate surface area is 179 Å². The Morgan fingerprint density at radius 2 is 2.00 bits per heavy atom. The highest BCUT2D eigenvalue weighted by Gasteiger charge is 2.45. The summed E-state index contributed by atoms with van der Waals surface area (Å²) in [4.78, 5) is 15.7. The van der Waals surface area contributed by atoms with Crippen molar-refractivity contribution in [2.45, 2.75) is 45.8 Å². The smallest absolute Gasteiger partial charge is 0.298 e. The number of carbonyl (C=O) groups excluding carboxylic acids is 1. The van der Waals surface area contributed by atoms with Gasteiger partial charge in [0, 0.05) is 0 Å². The number of alkyl halides is 3. The molecule has 1 amide bonds. The minimum Gasteiger partial charge on any atom is -0.298 e. The summed E-state index contributed by atoms with van der Waals surface area (Å²) < 4.78 is 40.2. The molecule has 1 saturated heterocycles. The Bertz CT molecular complexity index is 1010. The van der Waals surface area contributed by atoms with Gasteiger partial charge in [0.2, 0.25) is 0 Å². The Morgan fingerprint density at radius 3 is 2.50 bits per heavy atom. The van der Waals surface area contributed by atoms with E-state index in [0.29, 0.717) is 18.5 Å². The molecule has 1 unspecified atom stereocenters. The molecule has 156 valence electrons. The molecule has 30 heavy (non-hydrogen) atoms. The molecule has 4 nitrogen and oxygen atoms in total. The van der Waals surface area contributed by atoms with Crippen molar-refractivity contribution in [1.82, 2.24) is 4.90 Å². The van der Waals surface area contributed by atoms with Gasteiger partial charge in [-0.3, -0.25) is 14.6 Å². The molecule has 1 fully saturated rings. The van der Waals surface area contributed by atoms with Crippen LogP contribution in [0.2, 0.25) is 0 Å². The van der Waals surface area contributed by atoms with Gasteiger partial charge < -0.3 is 0 Å². The zero-order chi connectivity index (χ0) is 22.6. The van der Waals surface area contributed by atoms with Crippen LogP contribution in [0, 0.1) is 23.7 Å². The fraction of sp³-hybridized carbons (Fsp3) is 0.318. The van der Waals surface area contributed by atoms with Crippen LogP contribution >= 0.6 is 12.2 Å². The van der Waals surface area contributed by atoms with Gasteiger partial charge in [0.1, 0.15) is 6.04 Å². The van der Waals surface area contributed by atoms with Gasteiger partial charge in [0.05, 0.1) is 28.6 Å². The molecule has 1 aliphatic heterocycles. The molecule has 2 rings (SSSR count). The molecule has 0 radical (unpaired) electrons. The molecule has 0 saturated carbocycles. The second-order valence-corrected chi connectivity index (χ2v) is 7.28. The van der Waals surface area contributed by atoms with Crippen LogP contribution in [-0.4, -0.2) is 22.0 Å². The van der Waals surface area contributed by atoms with Crippen LogP contribution in [0.25, 0.3) is 0 Å². The predicted molar refractivity (Wildman–Crippen MR) is 113 cm³/mol. The van der Waals surface area contributed by atoms with Crippen molar-refractivity contribution >= 4 is 28.9 Å². The van der Waals surface area contributed by atoms with Crippen molar-refractivity contribution in [3.63, 3.8) is 0 Å². The molecular weight excluding hydrogens is 411 g/mol. The van der Waals surface area contributed by atoms with Gasteiger partial charge >= 0.3 is 6.18 Å². The van der Waals surface area contributed by atoms with Gasteiger partial charge in [-0.15, -0.1) is 6.42 Å². The van der Waals surface area contributed by atoms with Crippen LogP contribution < -0.4 is 4.90 Å². The van der Waals surface area contributed by atoms with Crippen molar-refractivity contribution in [2.24, 2.45) is 0 Å². The van der Waals surface area contributed by atoms with Gasteiger partial charge in [-0.05, 0) is 56.8 Å². The van der Waals surface area contributed by atoms with Crippen LogP contribution in [0.5, 0.6) is 0 Å². The molecule has 0 spiro atoms. The first kappa shape index (κ1) is 23.2. The summed E-state index contributed by atoms with van der Waals surface area (Å²) in [6, 6.07) is 3.88. The van der Waals surface area contributed by atoms with E-state index in [1.54, 1.807) is 12.2 Å². The van der Waals surface area contributed by atoms with Gasteiger partial charge in [-0.1, -0.05) is 30.9 Å². The van der Waals surface area contributed by atoms with E-state index in [2.05, 4.69) is 5.92 Å². The molecule has 8 heteroatoms. The largest absolute Gasteiger partial charge is 0.417 e. The number of terminal acetylenes is 1. The van der Waals surface area contributed by atoms with Crippen molar-refractivity contribution in [2.75, 3.05) is 4.90 Å². The predicted octanol–water partition coefficient (Wildman–Crippen LogP) is 5.16. The van der Waals surface area contributed by atoms with Gasteiger partial charge in [0.25, 0.3) is 5.91 Å². The second-order valence-electron chi connectivity index (χ2n) is 6.91. The summed E-state index contributed by atoms with van der Waals surface area (Å²) in [5.74, 6) is 2.06. The monoisotopic (exact) mass is 431 g/mol. The summed E-state index contributed by atoms with van der Waals surface area (Å²) in [5.41, 5.74) is -0.386. The first-order chi connectivity index (χ1) is 14.1. The number of anilines is 1. The van der Waals surface area contributed by atoms with E-state index in [-0.39, 0.29) is 10.8 Å². The van der Waals surface area contributed by atoms with Crippen molar-refractivity contribution in [1.29, 1.82) is 5.26 Å². The number of rotatable bonds is 5. The number of nitrogens with zero attached hydrogens (tertiary/aromatic N) is 3. The van der Waals surface area contributed by atoms with Crippen molar-refractivity contribution in [3.8, 4) is 18.4 Å². The Hall–Kier alpha value is -3.10. The van der Waals surface area contributed by atoms with E-state index in [0.717, 1.165) is 22.6 Å². The number of allylic oxidation sites excluding steroid dienone is 4. The third-order valence-corrected chi connectivity index (χ3v) is 4.83. The van der Waals surface area contributed by atoms with Gasteiger partial charge in [-0.25, -0.2) is 0 Å². The average molecular weight is 431 g/mol. The summed E-state index contributed by atoms with van der Waals surface area (Å²) in [6.07, 6.45) is 5.39. The van der Waals surface area contributed by atoms with E-state index >= 15 is 0 Å². The average Bonchev–Trinajstić information content (AvgIpc) is 2.92. The van der Waals surface area contributed by atoms with Gasteiger partial charge in [-0.2, -0.15) is 18.4 Å². The lowest BCUT2D eigenvalue weighted by Crippen LogP contribution is -2.34. The maximum Gasteiger partial charge on any atom is 0.417 e. The number of carbonyl (C=O) groups is 1.